The minimum absolute atomic E-state index is 0.259. The molecule has 0 amide bonds. The van der Waals surface area contributed by atoms with Gasteiger partial charge in [-0.2, -0.15) is 0 Å². The van der Waals surface area contributed by atoms with E-state index in [4.69, 9.17) is 28.9 Å². The smallest absolute Gasteiger partial charge is 0.0974 e. The van der Waals surface area contributed by atoms with E-state index in [0.717, 1.165) is 9.35 Å². The maximum Gasteiger partial charge on any atom is 0.0974 e. The Morgan fingerprint density at radius 2 is 1.89 bits per heavy atom. The van der Waals surface area contributed by atoms with Gasteiger partial charge >= 0.3 is 0 Å². The summed E-state index contributed by atoms with van der Waals surface area (Å²) >= 11 is 17.3. The minimum Gasteiger partial charge on any atom is -0.387 e. The van der Waals surface area contributed by atoms with Gasteiger partial charge in [0.1, 0.15) is 0 Å². The Bertz CT molecular complexity index is 555. The van der Waals surface area contributed by atoms with E-state index in [0.29, 0.717) is 15.6 Å². The molecule has 0 bridgehead atoms. The molecule has 0 aliphatic rings. The fraction of sp³-hybridized carbons (Fsp3) is 0.231. The highest BCUT2D eigenvalue weighted by atomic mass is 79.9. The van der Waals surface area contributed by atoms with Gasteiger partial charge in [-0.05, 0) is 45.1 Å². The molecule has 0 spiro atoms. The highest BCUT2D eigenvalue weighted by Crippen LogP contribution is 2.41. The Morgan fingerprint density at radius 3 is 2.37 bits per heavy atom. The summed E-state index contributed by atoms with van der Waals surface area (Å²) in [5, 5.41) is 13.5. The van der Waals surface area contributed by atoms with Gasteiger partial charge in [0.2, 0.25) is 0 Å². The number of aliphatic hydroxyl groups is 1. The molecule has 19 heavy (non-hydrogen) atoms. The predicted octanol–water partition coefficient (Wildman–Crippen LogP) is 4.59. The fourth-order valence-electron chi connectivity index (χ4n) is 1.97. The van der Waals surface area contributed by atoms with Crippen LogP contribution in [0.3, 0.4) is 0 Å². The maximum absolute atomic E-state index is 10.5. The number of nitrogens with two attached hydrogens (primary N) is 1. The van der Waals surface area contributed by atoms with Crippen molar-refractivity contribution in [1.29, 1.82) is 0 Å². The topological polar surface area (TPSA) is 46.2 Å². The van der Waals surface area contributed by atoms with Gasteiger partial charge in [0, 0.05) is 31.9 Å². The summed E-state index contributed by atoms with van der Waals surface area (Å²) in [7, 11) is 0. The average molecular weight is 381 g/mol. The lowest BCUT2D eigenvalue weighted by Gasteiger charge is -2.23. The van der Waals surface area contributed by atoms with Gasteiger partial charge in [0.05, 0.1) is 6.10 Å². The Balaban J connectivity index is 2.43. The largest absolute Gasteiger partial charge is 0.387 e. The van der Waals surface area contributed by atoms with Crippen LogP contribution in [0.4, 0.5) is 0 Å². The number of halogens is 3. The zero-order valence-electron chi connectivity index (χ0n) is 9.82. The van der Waals surface area contributed by atoms with Crippen molar-refractivity contribution in [2.24, 2.45) is 5.73 Å². The molecule has 1 aromatic heterocycles. The first-order valence-electron chi connectivity index (χ1n) is 5.61. The molecular formula is C13H12BrCl2NOS. The monoisotopic (exact) mass is 379 g/mol. The third-order valence-electron chi connectivity index (χ3n) is 2.92. The second kappa shape index (κ2) is 6.57. The van der Waals surface area contributed by atoms with Crippen LogP contribution in [0.25, 0.3) is 0 Å². The zero-order chi connectivity index (χ0) is 14.0. The molecule has 0 aliphatic heterocycles. The quantitative estimate of drug-likeness (QED) is 0.814. The second-order valence-electron chi connectivity index (χ2n) is 4.06. The van der Waals surface area contributed by atoms with Crippen LogP contribution in [0.2, 0.25) is 10.0 Å². The molecule has 0 fully saturated rings. The molecule has 2 aromatic rings. The number of aliphatic hydroxyl groups excluding tert-OH is 1. The molecule has 3 N–H and O–H groups in total. The van der Waals surface area contributed by atoms with Gasteiger partial charge < -0.3 is 10.8 Å². The third kappa shape index (κ3) is 3.15. The van der Waals surface area contributed by atoms with Crippen molar-refractivity contribution in [1.82, 2.24) is 0 Å². The Hall–Kier alpha value is -0.100. The Morgan fingerprint density at radius 1 is 1.26 bits per heavy atom. The molecule has 1 aromatic carbocycles. The van der Waals surface area contributed by atoms with Crippen molar-refractivity contribution in [3.05, 3.63) is 54.6 Å². The highest BCUT2D eigenvalue weighted by molar-refractivity contribution is 9.10. The predicted molar refractivity (Wildman–Crippen MR) is 85.2 cm³/mol. The summed E-state index contributed by atoms with van der Waals surface area (Å²) in [5.74, 6) is -0.337. The van der Waals surface area contributed by atoms with Gasteiger partial charge in [-0.1, -0.05) is 29.3 Å². The fourth-order valence-corrected chi connectivity index (χ4v) is 4.30. The van der Waals surface area contributed by atoms with Crippen LogP contribution in [-0.4, -0.2) is 11.7 Å². The van der Waals surface area contributed by atoms with Crippen LogP contribution in [0.15, 0.2) is 34.1 Å². The first-order chi connectivity index (χ1) is 9.06. The van der Waals surface area contributed by atoms with Crippen molar-refractivity contribution < 1.29 is 5.11 Å². The van der Waals surface area contributed by atoms with Crippen LogP contribution in [0.5, 0.6) is 0 Å². The summed E-state index contributed by atoms with van der Waals surface area (Å²) in [4.78, 5) is 0.825. The SMILES string of the molecule is NCC(c1c(Cl)cccc1Cl)C(O)c1sccc1Br. The van der Waals surface area contributed by atoms with Gasteiger partial charge in [-0.3, -0.25) is 0 Å². The normalized spacial score (nSPS) is 14.4. The maximum atomic E-state index is 10.5. The molecule has 2 rings (SSSR count). The van der Waals surface area contributed by atoms with Gasteiger partial charge in [-0.25, -0.2) is 0 Å². The summed E-state index contributed by atoms with van der Waals surface area (Å²) in [6.45, 7) is 0.259. The van der Waals surface area contributed by atoms with E-state index >= 15 is 0 Å². The summed E-state index contributed by atoms with van der Waals surface area (Å²) in [6.07, 6.45) is -0.739. The van der Waals surface area contributed by atoms with Crippen molar-refractivity contribution in [2.75, 3.05) is 6.54 Å². The molecule has 0 saturated carbocycles. The van der Waals surface area contributed by atoms with E-state index in [-0.39, 0.29) is 12.5 Å². The number of hydrogen-bond donors (Lipinski definition) is 2. The van der Waals surface area contributed by atoms with E-state index in [2.05, 4.69) is 15.9 Å². The molecule has 0 aliphatic carbocycles. The van der Waals surface area contributed by atoms with Gasteiger partial charge in [-0.15, -0.1) is 11.3 Å². The molecular weight excluding hydrogens is 369 g/mol. The van der Waals surface area contributed by atoms with Crippen molar-refractivity contribution in [3.8, 4) is 0 Å². The minimum atomic E-state index is -0.739. The van der Waals surface area contributed by atoms with E-state index in [9.17, 15) is 5.11 Å². The first kappa shape index (κ1) is 15.3. The zero-order valence-corrected chi connectivity index (χ0v) is 13.7. The molecule has 2 atom stereocenters. The van der Waals surface area contributed by atoms with Crippen LogP contribution in [-0.2, 0) is 0 Å². The average Bonchev–Trinajstić information content (AvgIpc) is 2.79. The molecule has 1 heterocycles. The van der Waals surface area contributed by atoms with Crippen LogP contribution in [0.1, 0.15) is 22.5 Å². The summed E-state index contributed by atoms with van der Waals surface area (Å²) < 4.78 is 0.867. The lowest BCUT2D eigenvalue weighted by Crippen LogP contribution is -2.20. The standard InChI is InChI=1S/C13H12BrCl2NOS/c14-8-4-5-19-13(8)12(18)7(6-17)11-9(15)2-1-3-10(11)16/h1-5,7,12,18H,6,17H2. The summed E-state index contributed by atoms with van der Waals surface area (Å²) in [6, 6.07) is 7.17. The molecule has 2 unspecified atom stereocenters. The number of benzene rings is 1. The number of thiophene rings is 1. The van der Waals surface area contributed by atoms with Crippen molar-refractivity contribution in [2.45, 2.75) is 12.0 Å². The highest BCUT2D eigenvalue weighted by Gasteiger charge is 2.27. The van der Waals surface area contributed by atoms with Crippen molar-refractivity contribution in [3.63, 3.8) is 0 Å². The first-order valence-corrected chi connectivity index (χ1v) is 8.04. The Labute approximate surface area is 134 Å². The lowest BCUT2D eigenvalue weighted by atomic mass is 9.92. The molecule has 0 saturated heterocycles. The second-order valence-corrected chi connectivity index (χ2v) is 6.67. The Kier molecular flexibility index (Phi) is 5.29. The number of rotatable bonds is 4. The van der Waals surface area contributed by atoms with Crippen LogP contribution in [0, 0.1) is 0 Å². The van der Waals surface area contributed by atoms with E-state index < -0.39 is 6.10 Å². The molecule has 0 radical (unpaired) electrons. The van der Waals surface area contributed by atoms with Gasteiger partial charge in [0.15, 0.2) is 0 Å². The van der Waals surface area contributed by atoms with Crippen LogP contribution < -0.4 is 5.73 Å². The van der Waals surface area contributed by atoms with E-state index in [1.807, 2.05) is 11.4 Å². The van der Waals surface area contributed by atoms with E-state index in [1.165, 1.54) is 11.3 Å². The van der Waals surface area contributed by atoms with Crippen molar-refractivity contribution >= 4 is 50.5 Å². The molecule has 2 nitrogen and oxygen atoms in total. The lowest BCUT2D eigenvalue weighted by molar-refractivity contribution is 0.150. The molecule has 102 valence electrons. The molecule has 6 heteroatoms. The van der Waals surface area contributed by atoms with Gasteiger partial charge in [0.25, 0.3) is 0 Å². The van der Waals surface area contributed by atoms with E-state index in [1.54, 1.807) is 18.2 Å². The van der Waals surface area contributed by atoms with Crippen LogP contribution >= 0.6 is 50.5 Å². The third-order valence-corrected chi connectivity index (χ3v) is 5.52. The summed E-state index contributed by atoms with van der Waals surface area (Å²) in [5.41, 5.74) is 6.51. The number of hydrogen-bond acceptors (Lipinski definition) is 3.